The molecule has 0 aromatic carbocycles. The molecule has 0 rings (SSSR count). The highest BCUT2D eigenvalue weighted by molar-refractivity contribution is 5.83. The lowest BCUT2D eigenvalue weighted by molar-refractivity contribution is -0.299. The van der Waals surface area contributed by atoms with Crippen LogP contribution in [0, 0.1) is 0 Å². The van der Waals surface area contributed by atoms with E-state index in [4.69, 9.17) is 5.11 Å². The first kappa shape index (κ1) is 9.17. The van der Waals surface area contributed by atoms with Crippen LogP contribution in [0.3, 0.4) is 0 Å². The largest absolute Gasteiger partial charge is 0.545 e. The van der Waals surface area contributed by atoms with Crippen LogP contribution in [0.15, 0.2) is 12.2 Å². The molecular formula is C7H11O3-. The SMILES string of the molecule is C=C(CCC(C)O)C(=O)[O-]. The fraction of sp³-hybridized carbons (Fsp3) is 0.571. The van der Waals surface area contributed by atoms with Crippen molar-refractivity contribution < 1.29 is 15.0 Å². The zero-order valence-electron chi connectivity index (χ0n) is 5.96. The summed E-state index contributed by atoms with van der Waals surface area (Å²) in [6.07, 6.45) is 0.239. The third-order valence-electron chi connectivity index (χ3n) is 1.15. The minimum Gasteiger partial charge on any atom is -0.545 e. The zero-order chi connectivity index (χ0) is 8.15. The van der Waals surface area contributed by atoms with Gasteiger partial charge >= 0.3 is 0 Å². The zero-order valence-corrected chi connectivity index (χ0v) is 5.96. The van der Waals surface area contributed by atoms with Crippen LogP contribution in [0.1, 0.15) is 19.8 Å². The minimum absolute atomic E-state index is 0.0425. The number of hydrogen-bond acceptors (Lipinski definition) is 3. The van der Waals surface area contributed by atoms with Gasteiger partial charge in [0.1, 0.15) is 0 Å². The number of carbonyl (C=O) groups excluding carboxylic acids is 1. The molecule has 0 heterocycles. The molecule has 0 saturated heterocycles. The second kappa shape index (κ2) is 4.06. The number of aliphatic carboxylic acids is 1. The lowest BCUT2D eigenvalue weighted by Gasteiger charge is -2.06. The summed E-state index contributed by atoms with van der Waals surface area (Å²) >= 11 is 0. The molecule has 0 bridgehead atoms. The summed E-state index contributed by atoms with van der Waals surface area (Å²) < 4.78 is 0. The van der Waals surface area contributed by atoms with E-state index >= 15 is 0 Å². The molecule has 1 unspecified atom stereocenters. The first-order valence-electron chi connectivity index (χ1n) is 3.11. The van der Waals surface area contributed by atoms with Crippen molar-refractivity contribution in [1.82, 2.24) is 0 Å². The quantitative estimate of drug-likeness (QED) is 0.537. The number of hydrogen-bond donors (Lipinski definition) is 1. The summed E-state index contributed by atoms with van der Waals surface area (Å²) in [6, 6.07) is 0. The highest BCUT2D eigenvalue weighted by Crippen LogP contribution is 2.03. The Labute approximate surface area is 60.0 Å². The Morgan fingerprint density at radius 1 is 1.80 bits per heavy atom. The van der Waals surface area contributed by atoms with E-state index < -0.39 is 12.1 Å². The van der Waals surface area contributed by atoms with Crippen LogP contribution in [0.5, 0.6) is 0 Å². The van der Waals surface area contributed by atoms with Crippen molar-refractivity contribution in [3.05, 3.63) is 12.2 Å². The molecule has 1 atom stereocenters. The van der Waals surface area contributed by atoms with Crippen LogP contribution in [-0.4, -0.2) is 17.2 Å². The molecule has 0 aromatic heterocycles. The Kier molecular flexibility index (Phi) is 3.72. The van der Waals surface area contributed by atoms with Gasteiger partial charge in [-0.3, -0.25) is 0 Å². The second-order valence-corrected chi connectivity index (χ2v) is 2.28. The van der Waals surface area contributed by atoms with Gasteiger partial charge in [0.15, 0.2) is 0 Å². The number of carboxylic acid groups (broad SMARTS) is 1. The molecule has 0 aliphatic heterocycles. The van der Waals surface area contributed by atoms with Crippen LogP contribution < -0.4 is 5.11 Å². The summed E-state index contributed by atoms with van der Waals surface area (Å²) in [5.74, 6) is -1.24. The monoisotopic (exact) mass is 143 g/mol. The van der Waals surface area contributed by atoms with Crippen LogP contribution >= 0.6 is 0 Å². The number of aliphatic hydroxyl groups is 1. The van der Waals surface area contributed by atoms with Gasteiger partial charge in [0.2, 0.25) is 0 Å². The summed E-state index contributed by atoms with van der Waals surface area (Å²) in [5.41, 5.74) is 0.0425. The van der Waals surface area contributed by atoms with E-state index in [2.05, 4.69) is 6.58 Å². The summed E-state index contributed by atoms with van der Waals surface area (Å²) in [5, 5.41) is 18.7. The normalized spacial score (nSPS) is 12.6. The Morgan fingerprint density at radius 3 is 2.60 bits per heavy atom. The molecule has 0 radical (unpaired) electrons. The molecule has 0 aliphatic carbocycles. The molecule has 58 valence electrons. The fourth-order valence-corrected chi connectivity index (χ4v) is 0.485. The predicted octanol–water partition coefficient (Wildman–Crippen LogP) is -0.546. The topological polar surface area (TPSA) is 60.4 Å². The van der Waals surface area contributed by atoms with Crippen molar-refractivity contribution in [1.29, 1.82) is 0 Å². The van der Waals surface area contributed by atoms with Gasteiger partial charge in [0.25, 0.3) is 0 Å². The van der Waals surface area contributed by atoms with Crippen molar-refractivity contribution >= 4 is 5.97 Å². The summed E-state index contributed by atoms with van der Waals surface area (Å²) in [7, 11) is 0. The number of carbonyl (C=O) groups is 1. The second-order valence-electron chi connectivity index (χ2n) is 2.28. The molecule has 0 amide bonds. The third-order valence-corrected chi connectivity index (χ3v) is 1.15. The standard InChI is InChI=1S/C7H12O3/c1-5(7(9)10)3-4-6(2)8/h6,8H,1,3-4H2,2H3,(H,9,10)/p-1. The van der Waals surface area contributed by atoms with E-state index in [1.807, 2.05) is 0 Å². The smallest absolute Gasteiger partial charge is 0.0668 e. The van der Waals surface area contributed by atoms with Gasteiger partial charge < -0.3 is 15.0 Å². The van der Waals surface area contributed by atoms with E-state index in [0.717, 1.165) is 0 Å². The van der Waals surface area contributed by atoms with Crippen LogP contribution in [0.25, 0.3) is 0 Å². The molecule has 1 N–H and O–H groups in total. The molecule has 0 aliphatic rings. The van der Waals surface area contributed by atoms with Crippen LogP contribution in [0.2, 0.25) is 0 Å². The van der Waals surface area contributed by atoms with E-state index in [-0.39, 0.29) is 5.57 Å². The molecular weight excluding hydrogens is 132 g/mol. The molecule has 0 aromatic rings. The van der Waals surface area contributed by atoms with Crippen molar-refractivity contribution in [3.8, 4) is 0 Å². The van der Waals surface area contributed by atoms with E-state index in [0.29, 0.717) is 12.8 Å². The summed E-state index contributed by atoms with van der Waals surface area (Å²) in [6.45, 7) is 4.85. The average Bonchev–Trinajstić information content (AvgIpc) is 1.82. The van der Waals surface area contributed by atoms with Gasteiger partial charge in [-0.05, 0) is 25.3 Å². The van der Waals surface area contributed by atoms with Crippen molar-refractivity contribution in [3.63, 3.8) is 0 Å². The molecule has 0 spiro atoms. The van der Waals surface area contributed by atoms with Gasteiger partial charge in [-0.1, -0.05) is 6.58 Å². The van der Waals surface area contributed by atoms with Gasteiger partial charge in [-0.25, -0.2) is 0 Å². The Morgan fingerprint density at radius 2 is 2.30 bits per heavy atom. The fourth-order valence-electron chi connectivity index (χ4n) is 0.485. The van der Waals surface area contributed by atoms with Crippen molar-refractivity contribution in [2.75, 3.05) is 0 Å². The molecule has 0 fully saturated rings. The van der Waals surface area contributed by atoms with Crippen molar-refractivity contribution in [2.45, 2.75) is 25.9 Å². The van der Waals surface area contributed by atoms with E-state index in [1.54, 1.807) is 6.92 Å². The van der Waals surface area contributed by atoms with Crippen molar-refractivity contribution in [2.24, 2.45) is 0 Å². The maximum absolute atomic E-state index is 10.0. The maximum atomic E-state index is 10.0. The summed E-state index contributed by atoms with van der Waals surface area (Å²) in [4.78, 5) is 10.0. The van der Waals surface area contributed by atoms with Gasteiger partial charge in [0, 0.05) is 0 Å². The van der Waals surface area contributed by atoms with Crippen LogP contribution in [0.4, 0.5) is 0 Å². The predicted molar refractivity (Wildman–Crippen MR) is 35.1 cm³/mol. The average molecular weight is 143 g/mol. The van der Waals surface area contributed by atoms with Crippen LogP contribution in [-0.2, 0) is 4.79 Å². The maximum Gasteiger partial charge on any atom is 0.0668 e. The highest BCUT2D eigenvalue weighted by Gasteiger charge is 1.98. The molecule has 3 nitrogen and oxygen atoms in total. The lowest BCUT2D eigenvalue weighted by atomic mass is 10.1. The molecule has 10 heavy (non-hydrogen) atoms. The van der Waals surface area contributed by atoms with Gasteiger partial charge in [0.05, 0.1) is 12.1 Å². The molecule has 3 heteroatoms. The Balaban J connectivity index is 3.50. The highest BCUT2D eigenvalue weighted by atomic mass is 16.4. The van der Waals surface area contributed by atoms with Gasteiger partial charge in [-0.15, -0.1) is 0 Å². The number of aliphatic hydroxyl groups excluding tert-OH is 1. The van der Waals surface area contributed by atoms with E-state index in [9.17, 15) is 9.90 Å². The minimum atomic E-state index is -1.24. The lowest BCUT2D eigenvalue weighted by Crippen LogP contribution is -2.24. The Hall–Kier alpha value is -0.830. The molecule has 0 saturated carbocycles. The number of rotatable bonds is 4. The van der Waals surface area contributed by atoms with Gasteiger partial charge in [-0.2, -0.15) is 0 Å². The first-order chi connectivity index (χ1) is 4.54. The third kappa shape index (κ3) is 4.09. The number of carboxylic acids is 1. The first-order valence-corrected chi connectivity index (χ1v) is 3.11. The van der Waals surface area contributed by atoms with E-state index in [1.165, 1.54) is 0 Å². The Bertz CT molecular complexity index is 138.